The summed E-state index contributed by atoms with van der Waals surface area (Å²) in [5.74, 6) is -1.06. The maximum atomic E-state index is 13.4. The van der Waals surface area contributed by atoms with Gasteiger partial charge in [0.25, 0.3) is 5.91 Å². The SMILES string of the molecule is Nc1ccc(F)c(C(=O)NCCn2cccn2)c1. The highest BCUT2D eigenvalue weighted by Gasteiger charge is 2.11. The van der Waals surface area contributed by atoms with Crippen molar-refractivity contribution in [3.63, 3.8) is 0 Å². The molecule has 1 aromatic carbocycles. The molecule has 2 rings (SSSR count). The zero-order valence-corrected chi connectivity index (χ0v) is 9.64. The molecule has 0 bridgehead atoms. The second kappa shape index (κ2) is 5.31. The summed E-state index contributed by atoms with van der Waals surface area (Å²) >= 11 is 0. The molecule has 3 N–H and O–H groups in total. The van der Waals surface area contributed by atoms with Crippen molar-refractivity contribution in [1.82, 2.24) is 15.1 Å². The Labute approximate surface area is 103 Å². The van der Waals surface area contributed by atoms with Crippen molar-refractivity contribution in [2.45, 2.75) is 6.54 Å². The summed E-state index contributed by atoms with van der Waals surface area (Å²) in [5, 5.41) is 6.60. The van der Waals surface area contributed by atoms with Crippen molar-refractivity contribution in [2.24, 2.45) is 0 Å². The number of nitrogens with zero attached hydrogens (tertiary/aromatic N) is 2. The number of amides is 1. The molecule has 0 spiro atoms. The van der Waals surface area contributed by atoms with Gasteiger partial charge in [0.05, 0.1) is 12.1 Å². The van der Waals surface area contributed by atoms with E-state index in [0.29, 0.717) is 18.8 Å². The molecule has 94 valence electrons. The van der Waals surface area contributed by atoms with Gasteiger partial charge in [-0.15, -0.1) is 0 Å². The van der Waals surface area contributed by atoms with Crippen LogP contribution in [0.15, 0.2) is 36.7 Å². The van der Waals surface area contributed by atoms with Crippen LogP contribution in [0.3, 0.4) is 0 Å². The Bertz CT molecular complexity index is 539. The third-order valence-electron chi connectivity index (χ3n) is 2.42. The van der Waals surface area contributed by atoms with E-state index in [-0.39, 0.29) is 5.56 Å². The summed E-state index contributed by atoms with van der Waals surface area (Å²) in [7, 11) is 0. The molecule has 0 saturated heterocycles. The standard InChI is InChI=1S/C12H13FN4O/c13-11-3-2-9(14)8-10(11)12(18)15-5-7-17-6-1-4-16-17/h1-4,6,8H,5,7,14H2,(H,15,18). The summed E-state index contributed by atoms with van der Waals surface area (Å²) in [6.45, 7) is 0.900. The maximum absolute atomic E-state index is 13.4. The monoisotopic (exact) mass is 248 g/mol. The number of rotatable bonds is 4. The lowest BCUT2D eigenvalue weighted by molar-refractivity contribution is 0.0948. The largest absolute Gasteiger partial charge is 0.399 e. The van der Waals surface area contributed by atoms with E-state index in [4.69, 9.17) is 5.73 Å². The molecule has 6 heteroatoms. The first kappa shape index (κ1) is 12.1. The molecule has 0 unspecified atom stereocenters. The number of aromatic nitrogens is 2. The fraction of sp³-hybridized carbons (Fsp3) is 0.167. The zero-order valence-electron chi connectivity index (χ0n) is 9.64. The van der Waals surface area contributed by atoms with E-state index in [1.54, 1.807) is 23.1 Å². The van der Waals surface area contributed by atoms with Gasteiger partial charge in [-0.25, -0.2) is 4.39 Å². The maximum Gasteiger partial charge on any atom is 0.254 e. The minimum Gasteiger partial charge on any atom is -0.399 e. The highest BCUT2D eigenvalue weighted by molar-refractivity contribution is 5.95. The molecule has 0 saturated carbocycles. The van der Waals surface area contributed by atoms with Crippen LogP contribution in [-0.2, 0) is 6.54 Å². The molecule has 0 aliphatic carbocycles. The van der Waals surface area contributed by atoms with Gasteiger partial charge in [0.1, 0.15) is 5.82 Å². The number of carbonyl (C=O) groups excluding carboxylic acids is 1. The van der Waals surface area contributed by atoms with Crippen LogP contribution in [0.25, 0.3) is 0 Å². The van der Waals surface area contributed by atoms with Gasteiger partial charge in [-0.1, -0.05) is 0 Å². The number of nitrogens with two attached hydrogens (primary N) is 1. The van der Waals surface area contributed by atoms with Gasteiger partial charge in [0, 0.05) is 24.6 Å². The van der Waals surface area contributed by atoms with Crippen LogP contribution in [0.1, 0.15) is 10.4 Å². The Kier molecular flexibility index (Phi) is 3.57. The van der Waals surface area contributed by atoms with Crippen LogP contribution in [0.2, 0.25) is 0 Å². The summed E-state index contributed by atoms with van der Waals surface area (Å²) < 4.78 is 15.1. The lowest BCUT2D eigenvalue weighted by Crippen LogP contribution is -2.28. The molecular formula is C12H13FN4O. The molecule has 5 nitrogen and oxygen atoms in total. The predicted molar refractivity (Wildman–Crippen MR) is 65.4 cm³/mol. The number of carbonyl (C=O) groups is 1. The summed E-state index contributed by atoms with van der Waals surface area (Å²) in [4.78, 5) is 11.7. The fourth-order valence-electron chi connectivity index (χ4n) is 1.53. The van der Waals surface area contributed by atoms with E-state index < -0.39 is 11.7 Å². The lowest BCUT2D eigenvalue weighted by Gasteiger charge is -2.07. The lowest BCUT2D eigenvalue weighted by atomic mass is 10.2. The zero-order chi connectivity index (χ0) is 13.0. The Morgan fingerprint density at radius 1 is 1.50 bits per heavy atom. The second-order valence-corrected chi connectivity index (χ2v) is 3.76. The van der Waals surface area contributed by atoms with Crippen LogP contribution >= 0.6 is 0 Å². The predicted octanol–water partition coefficient (Wildman–Crippen LogP) is 1.03. The van der Waals surface area contributed by atoms with Crippen molar-refractivity contribution < 1.29 is 9.18 Å². The number of nitrogens with one attached hydrogen (secondary N) is 1. The Balaban J connectivity index is 1.93. The van der Waals surface area contributed by atoms with E-state index in [9.17, 15) is 9.18 Å². The molecule has 0 fully saturated rings. The van der Waals surface area contributed by atoms with Gasteiger partial charge in [-0.05, 0) is 24.3 Å². The number of nitrogen functional groups attached to an aromatic ring is 1. The Morgan fingerprint density at radius 2 is 2.33 bits per heavy atom. The first-order chi connectivity index (χ1) is 8.66. The molecular weight excluding hydrogens is 235 g/mol. The molecule has 0 aliphatic rings. The van der Waals surface area contributed by atoms with Gasteiger partial charge in [0.15, 0.2) is 0 Å². The molecule has 1 heterocycles. The van der Waals surface area contributed by atoms with Gasteiger partial charge >= 0.3 is 0 Å². The summed E-state index contributed by atoms with van der Waals surface area (Å²) in [6, 6.07) is 5.70. The summed E-state index contributed by atoms with van der Waals surface area (Å²) in [6.07, 6.45) is 3.44. The van der Waals surface area contributed by atoms with Gasteiger partial charge in [-0.3, -0.25) is 9.48 Å². The highest BCUT2D eigenvalue weighted by atomic mass is 19.1. The molecule has 0 atom stereocenters. The van der Waals surface area contributed by atoms with Crippen LogP contribution in [0.4, 0.5) is 10.1 Å². The summed E-state index contributed by atoms with van der Waals surface area (Å²) in [5.41, 5.74) is 5.82. The van der Waals surface area contributed by atoms with E-state index >= 15 is 0 Å². The molecule has 1 amide bonds. The molecule has 1 aromatic heterocycles. The number of benzene rings is 1. The Hall–Kier alpha value is -2.37. The van der Waals surface area contributed by atoms with Crippen LogP contribution < -0.4 is 11.1 Å². The normalized spacial score (nSPS) is 10.3. The number of hydrogen-bond donors (Lipinski definition) is 2. The smallest absolute Gasteiger partial charge is 0.254 e. The highest BCUT2D eigenvalue weighted by Crippen LogP contribution is 2.11. The average molecular weight is 248 g/mol. The van der Waals surface area contributed by atoms with Crippen molar-refractivity contribution >= 4 is 11.6 Å². The van der Waals surface area contributed by atoms with E-state index in [1.165, 1.54) is 18.2 Å². The third-order valence-corrected chi connectivity index (χ3v) is 2.42. The Morgan fingerprint density at radius 3 is 3.06 bits per heavy atom. The number of anilines is 1. The second-order valence-electron chi connectivity index (χ2n) is 3.76. The van der Waals surface area contributed by atoms with Gasteiger partial charge < -0.3 is 11.1 Å². The minimum absolute atomic E-state index is 0.0459. The van der Waals surface area contributed by atoms with Gasteiger partial charge in [0.2, 0.25) is 0 Å². The van der Waals surface area contributed by atoms with Crippen LogP contribution in [-0.4, -0.2) is 22.2 Å². The molecule has 2 aromatic rings. The molecule has 0 aliphatic heterocycles. The van der Waals surface area contributed by atoms with E-state index in [0.717, 1.165) is 0 Å². The average Bonchev–Trinajstić information content (AvgIpc) is 2.85. The van der Waals surface area contributed by atoms with Crippen LogP contribution in [0, 0.1) is 5.82 Å². The van der Waals surface area contributed by atoms with Crippen molar-refractivity contribution in [1.29, 1.82) is 0 Å². The van der Waals surface area contributed by atoms with Crippen molar-refractivity contribution in [3.8, 4) is 0 Å². The van der Waals surface area contributed by atoms with Crippen molar-refractivity contribution in [3.05, 3.63) is 48.0 Å². The van der Waals surface area contributed by atoms with Crippen molar-refractivity contribution in [2.75, 3.05) is 12.3 Å². The van der Waals surface area contributed by atoms with Gasteiger partial charge in [-0.2, -0.15) is 5.10 Å². The molecule has 18 heavy (non-hydrogen) atoms. The first-order valence-corrected chi connectivity index (χ1v) is 5.47. The third kappa shape index (κ3) is 2.85. The fourth-order valence-corrected chi connectivity index (χ4v) is 1.53. The minimum atomic E-state index is -0.583. The first-order valence-electron chi connectivity index (χ1n) is 5.47. The quantitative estimate of drug-likeness (QED) is 0.794. The van der Waals surface area contributed by atoms with E-state index in [2.05, 4.69) is 10.4 Å². The number of halogens is 1. The topological polar surface area (TPSA) is 72.9 Å². The number of hydrogen-bond acceptors (Lipinski definition) is 3. The van der Waals surface area contributed by atoms with E-state index in [1.807, 2.05) is 0 Å². The van der Waals surface area contributed by atoms with Crippen LogP contribution in [0.5, 0.6) is 0 Å². The molecule has 0 radical (unpaired) electrons.